The van der Waals surface area contributed by atoms with Crippen LogP contribution in [0.5, 0.6) is 0 Å². The van der Waals surface area contributed by atoms with Crippen LogP contribution in [0, 0.1) is 0 Å². The van der Waals surface area contributed by atoms with Gasteiger partial charge in [0.15, 0.2) is 0 Å². The second kappa shape index (κ2) is 5.33. The van der Waals surface area contributed by atoms with Crippen LogP contribution in [0.2, 0.25) is 0 Å². The van der Waals surface area contributed by atoms with Crippen LogP contribution in [-0.4, -0.2) is 38.6 Å². The van der Waals surface area contributed by atoms with E-state index in [1.165, 1.54) is 0 Å². The average molecular weight is 285 g/mol. The molecule has 1 aromatic carbocycles. The fourth-order valence-corrected chi connectivity index (χ4v) is 2.89. The monoisotopic (exact) mass is 285 g/mol. The molecule has 5 nitrogen and oxygen atoms in total. The maximum atomic E-state index is 11.8. The Morgan fingerprint density at radius 3 is 2.81 bits per heavy atom. The summed E-state index contributed by atoms with van der Waals surface area (Å²) >= 11 is 0. The lowest BCUT2D eigenvalue weighted by atomic mass is 9.82. The SMILES string of the molecule is CC(CN1CCn2ccnc2C1)(C(=O)O)c1ccccc1. The molecular formula is C16H19N3O2. The number of carboxylic acid groups (broad SMARTS) is 1. The number of benzene rings is 1. The first kappa shape index (κ1) is 13.8. The first-order valence-electron chi connectivity index (χ1n) is 7.11. The molecule has 1 aromatic heterocycles. The van der Waals surface area contributed by atoms with Gasteiger partial charge in [-0.05, 0) is 12.5 Å². The molecule has 1 aliphatic rings. The van der Waals surface area contributed by atoms with Gasteiger partial charge in [0.1, 0.15) is 11.2 Å². The Hall–Kier alpha value is -2.14. The largest absolute Gasteiger partial charge is 0.481 e. The smallest absolute Gasteiger partial charge is 0.315 e. The normalized spacial score (nSPS) is 18.0. The molecule has 21 heavy (non-hydrogen) atoms. The van der Waals surface area contributed by atoms with E-state index in [-0.39, 0.29) is 0 Å². The van der Waals surface area contributed by atoms with E-state index in [0.29, 0.717) is 13.1 Å². The van der Waals surface area contributed by atoms with E-state index in [9.17, 15) is 9.90 Å². The number of nitrogens with zero attached hydrogens (tertiary/aromatic N) is 3. The van der Waals surface area contributed by atoms with Crippen LogP contribution in [0.1, 0.15) is 18.3 Å². The molecule has 1 N–H and O–H groups in total. The van der Waals surface area contributed by atoms with Crippen molar-refractivity contribution in [3.8, 4) is 0 Å². The van der Waals surface area contributed by atoms with Crippen LogP contribution in [0.15, 0.2) is 42.7 Å². The second-order valence-electron chi connectivity index (χ2n) is 5.75. The molecular weight excluding hydrogens is 266 g/mol. The van der Waals surface area contributed by atoms with Crippen LogP contribution in [0.25, 0.3) is 0 Å². The van der Waals surface area contributed by atoms with Crippen LogP contribution in [0.3, 0.4) is 0 Å². The number of imidazole rings is 1. The number of carbonyl (C=O) groups is 1. The third kappa shape index (κ3) is 2.56. The molecule has 2 heterocycles. The molecule has 1 aliphatic heterocycles. The number of rotatable bonds is 4. The van der Waals surface area contributed by atoms with Gasteiger partial charge in [-0.1, -0.05) is 30.3 Å². The van der Waals surface area contributed by atoms with Crippen LogP contribution >= 0.6 is 0 Å². The van der Waals surface area contributed by atoms with E-state index >= 15 is 0 Å². The molecule has 0 bridgehead atoms. The van der Waals surface area contributed by atoms with Gasteiger partial charge in [0.05, 0.1) is 6.54 Å². The predicted octanol–water partition coefficient (Wildman–Crippen LogP) is 1.74. The van der Waals surface area contributed by atoms with Gasteiger partial charge in [-0.25, -0.2) is 4.98 Å². The highest BCUT2D eigenvalue weighted by molar-refractivity contribution is 5.81. The summed E-state index contributed by atoms with van der Waals surface area (Å²) in [6, 6.07) is 9.46. The van der Waals surface area contributed by atoms with Gasteiger partial charge < -0.3 is 9.67 Å². The number of hydrogen-bond acceptors (Lipinski definition) is 3. The molecule has 1 unspecified atom stereocenters. The molecule has 3 rings (SSSR count). The Balaban J connectivity index is 1.82. The summed E-state index contributed by atoms with van der Waals surface area (Å²) in [6.07, 6.45) is 3.77. The minimum absolute atomic E-state index is 0.485. The Bertz CT molecular complexity index is 638. The van der Waals surface area contributed by atoms with Gasteiger partial charge in [0.25, 0.3) is 0 Å². The van der Waals surface area contributed by atoms with E-state index in [1.54, 1.807) is 13.1 Å². The molecule has 1 atom stereocenters. The van der Waals surface area contributed by atoms with Gasteiger partial charge in [-0.15, -0.1) is 0 Å². The van der Waals surface area contributed by atoms with E-state index in [4.69, 9.17) is 0 Å². The molecule has 0 spiro atoms. The summed E-state index contributed by atoms with van der Waals surface area (Å²) in [7, 11) is 0. The zero-order valence-electron chi connectivity index (χ0n) is 12.1. The zero-order chi connectivity index (χ0) is 14.9. The van der Waals surface area contributed by atoms with Crippen molar-refractivity contribution >= 4 is 5.97 Å². The van der Waals surface area contributed by atoms with Crippen molar-refractivity contribution in [3.05, 3.63) is 54.1 Å². The van der Waals surface area contributed by atoms with Gasteiger partial charge >= 0.3 is 5.97 Å². The number of hydrogen-bond donors (Lipinski definition) is 1. The molecule has 0 saturated heterocycles. The maximum absolute atomic E-state index is 11.8. The van der Waals surface area contributed by atoms with Gasteiger partial charge in [0.2, 0.25) is 0 Å². The standard InChI is InChI=1S/C16H19N3O2/c1-16(15(20)21,13-5-3-2-4-6-13)12-18-9-10-19-8-7-17-14(19)11-18/h2-8H,9-12H2,1H3,(H,20,21). The fraction of sp³-hybridized carbons (Fsp3) is 0.375. The lowest BCUT2D eigenvalue weighted by molar-refractivity contribution is -0.144. The zero-order valence-corrected chi connectivity index (χ0v) is 12.1. The molecule has 0 amide bonds. The predicted molar refractivity (Wildman–Crippen MR) is 78.9 cm³/mol. The van der Waals surface area contributed by atoms with Crippen molar-refractivity contribution in [2.24, 2.45) is 0 Å². The highest BCUT2D eigenvalue weighted by atomic mass is 16.4. The van der Waals surface area contributed by atoms with Crippen LogP contribution in [0.4, 0.5) is 0 Å². The van der Waals surface area contributed by atoms with Gasteiger partial charge in [-0.3, -0.25) is 9.69 Å². The average Bonchev–Trinajstić information content (AvgIpc) is 2.95. The van der Waals surface area contributed by atoms with Crippen LogP contribution < -0.4 is 0 Å². The van der Waals surface area contributed by atoms with E-state index in [2.05, 4.69) is 14.5 Å². The van der Waals surface area contributed by atoms with E-state index in [0.717, 1.165) is 24.5 Å². The van der Waals surface area contributed by atoms with E-state index in [1.807, 2.05) is 36.5 Å². The van der Waals surface area contributed by atoms with Crippen molar-refractivity contribution in [2.75, 3.05) is 13.1 Å². The Morgan fingerprint density at radius 1 is 1.33 bits per heavy atom. The van der Waals surface area contributed by atoms with Gasteiger partial charge in [-0.2, -0.15) is 0 Å². The molecule has 0 aliphatic carbocycles. The van der Waals surface area contributed by atoms with Crippen molar-refractivity contribution < 1.29 is 9.90 Å². The third-order valence-corrected chi connectivity index (χ3v) is 4.25. The second-order valence-corrected chi connectivity index (χ2v) is 5.75. The summed E-state index contributed by atoms with van der Waals surface area (Å²) in [5, 5.41) is 9.72. The molecule has 110 valence electrons. The molecule has 5 heteroatoms. The third-order valence-electron chi connectivity index (χ3n) is 4.25. The van der Waals surface area contributed by atoms with Crippen molar-refractivity contribution in [1.29, 1.82) is 0 Å². The topological polar surface area (TPSA) is 58.4 Å². The fourth-order valence-electron chi connectivity index (χ4n) is 2.89. The Labute approximate surface area is 123 Å². The summed E-state index contributed by atoms with van der Waals surface area (Å²) in [5.74, 6) is 0.213. The number of aliphatic carboxylic acids is 1. The number of aromatic nitrogens is 2. The highest BCUT2D eigenvalue weighted by Gasteiger charge is 2.37. The van der Waals surface area contributed by atoms with Crippen molar-refractivity contribution in [3.63, 3.8) is 0 Å². The first-order chi connectivity index (χ1) is 10.1. The quantitative estimate of drug-likeness (QED) is 0.929. The van der Waals surface area contributed by atoms with E-state index < -0.39 is 11.4 Å². The summed E-state index contributed by atoms with van der Waals surface area (Å²) in [4.78, 5) is 18.3. The van der Waals surface area contributed by atoms with Crippen molar-refractivity contribution in [2.45, 2.75) is 25.4 Å². The summed E-state index contributed by atoms with van der Waals surface area (Å²) in [6.45, 7) is 4.69. The lowest BCUT2D eigenvalue weighted by Crippen LogP contribution is -2.47. The minimum atomic E-state index is -0.907. The molecule has 0 radical (unpaired) electrons. The number of fused-ring (bicyclic) bond motifs is 1. The maximum Gasteiger partial charge on any atom is 0.315 e. The lowest BCUT2D eigenvalue weighted by Gasteiger charge is -2.35. The van der Waals surface area contributed by atoms with Crippen LogP contribution in [-0.2, 0) is 23.3 Å². The Morgan fingerprint density at radius 2 is 2.10 bits per heavy atom. The number of carboxylic acids is 1. The van der Waals surface area contributed by atoms with Crippen molar-refractivity contribution in [1.82, 2.24) is 14.5 Å². The molecule has 0 saturated carbocycles. The summed E-state index contributed by atoms with van der Waals surface area (Å²) in [5.41, 5.74) is -0.0674. The molecule has 0 fully saturated rings. The Kier molecular flexibility index (Phi) is 3.51. The first-order valence-corrected chi connectivity index (χ1v) is 7.11. The summed E-state index contributed by atoms with van der Waals surface area (Å²) < 4.78 is 2.12. The highest BCUT2D eigenvalue weighted by Crippen LogP contribution is 2.27. The molecule has 2 aromatic rings. The minimum Gasteiger partial charge on any atom is -0.481 e. The van der Waals surface area contributed by atoms with Gasteiger partial charge in [0, 0.05) is 32.0 Å².